The van der Waals surface area contributed by atoms with Crippen LogP contribution in [0.1, 0.15) is 16.7 Å². The van der Waals surface area contributed by atoms with E-state index in [-0.39, 0.29) is 5.91 Å². The molecule has 0 aliphatic carbocycles. The summed E-state index contributed by atoms with van der Waals surface area (Å²) in [6.45, 7) is 2.57. The third kappa shape index (κ3) is 5.11. The maximum atomic E-state index is 11.9. The summed E-state index contributed by atoms with van der Waals surface area (Å²) in [6.07, 6.45) is 0. The van der Waals surface area contributed by atoms with Crippen molar-refractivity contribution in [3.8, 4) is 5.75 Å². The molecular weight excluding hydrogens is 294 g/mol. The zero-order valence-corrected chi connectivity index (χ0v) is 13.8. The minimum atomic E-state index is 0.0450. The Balaban J connectivity index is 1.74. The SMILES string of the molecule is COc1ccccc1CNC(=O)CSCc1cccc(C)c1. The standard InChI is InChI=1S/C18H21NO2S/c1-14-6-5-7-15(10-14)12-22-13-18(20)19-11-16-8-3-4-9-17(16)21-2/h3-10H,11-13H2,1-2H3,(H,19,20). The molecule has 0 aliphatic heterocycles. The van der Waals surface area contributed by atoms with Gasteiger partial charge in [-0.15, -0.1) is 11.8 Å². The molecule has 0 fully saturated rings. The number of hydrogen-bond acceptors (Lipinski definition) is 3. The smallest absolute Gasteiger partial charge is 0.230 e. The van der Waals surface area contributed by atoms with Crippen LogP contribution in [0.2, 0.25) is 0 Å². The van der Waals surface area contributed by atoms with E-state index in [1.165, 1.54) is 11.1 Å². The van der Waals surface area contributed by atoms with Crippen LogP contribution in [0.15, 0.2) is 48.5 Å². The molecular formula is C18H21NO2S. The number of aryl methyl sites for hydroxylation is 1. The van der Waals surface area contributed by atoms with Crippen molar-refractivity contribution in [1.82, 2.24) is 5.32 Å². The molecule has 0 heterocycles. The highest BCUT2D eigenvalue weighted by Crippen LogP contribution is 2.17. The van der Waals surface area contributed by atoms with Crippen LogP contribution >= 0.6 is 11.8 Å². The molecule has 0 spiro atoms. The molecule has 3 nitrogen and oxygen atoms in total. The number of benzene rings is 2. The highest BCUT2D eigenvalue weighted by atomic mass is 32.2. The molecule has 0 radical (unpaired) electrons. The predicted octanol–water partition coefficient (Wildman–Crippen LogP) is 3.55. The van der Waals surface area contributed by atoms with Crippen molar-refractivity contribution in [2.75, 3.05) is 12.9 Å². The first-order valence-electron chi connectivity index (χ1n) is 7.21. The van der Waals surface area contributed by atoms with Gasteiger partial charge < -0.3 is 10.1 Å². The summed E-state index contributed by atoms with van der Waals surface area (Å²) in [7, 11) is 1.64. The zero-order valence-electron chi connectivity index (χ0n) is 13.0. The van der Waals surface area contributed by atoms with E-state index in [0.29, 0.717) is 12.3 Å². The maximum Gasteiger partial charge on any atom is 0.230 e. The highest BCUT2D eigenvalue weighted by Gasteiger charge is 2.05. The fraction of sp³-hybridized carbons (Fsp3) is 0.278. The summed E-state index contributed by atoms with van der Waals surface area (Å²) in [5, 5.41) is 2.93. The van der Waals surface area contributed by atoms with Gasteiger partial charge in [0.15, 0.2) is 0 Å². The van der Waals surface area contributed by atoms with Gasteiger partial charge in [0.2, 0.25) is 5.91 Å². The molecule has 22 heavy (non-hydrogen) atoms. The molecule has 0 unspecified atom stereocenters. The van der Waals surface area contributed by atoms with E-state index in [9.17, 15) is 4.79 Å². The van der Waals surface area contributed by atoms with Crippen LogP contribution in [0.25, 0.3) is 0 Å². The van der Waals surface area contributed by atoms with Crippen molar-refractivity contribution in [1.29, 1.82) is 0 Å². The zero-order chi connectivity index (χ0) is 15.8. The number of amides is 1. The minimum absolute atomic E-state index is 0.0450. The van der Waals surface area contributed by atoms with E-state index in [2.05, 4.69) is 30.4 Å². The van der Waals surface area contributed by atoms with Crippen molar-refractivity contribution in [2.24, 2.45) is 0 Å². The second kappa shape index (κ2) is 8.49. The number of ether oxygens (including phenoxy) is 1. The van der Waals surface area contributed by atoms with Crippen LogP contribution < -0.4 is 10.1 Å². The third-order valence-corrected chi connectivity index (χ3v) is 4.26. The molecule has 0 aliphatic rings. The number of hydrogen-bond donors (Lipinski definition) is 1. The lowest BCUT2D eigenvalue weighted by atomic mass is 10.2. The first-order valence-corrected chi connectivity index (χ1v) is 8.36. The number of rotatable bonds is 7. The number of methoxy groups -OCH3 is 1. The van der Waals surface area contributed by atoms with Gasteiger partial charge in [-0.05, 0) is 18.6 Å². The van der Waals surface area contributed by atoms with Crippen molar-refractivity contribution >= 4 is 17.7 Å². The summed E-state index contributed by atoms with van der Waals surface area (Å²) < 4.78 is 5.27. The van der Waals surface area contributed by atoms with Gasteiger partial charge in [0.05, 0.1) is 12.9 Å². The Morgan fingerprint density at radius 3 is 2.77 bits per heavy atom. The molecule has 0 bridgehead atoms. The lowest BCUT2D eigenvalue weighted by Gasteiger charge is -2.09. The van der Waals surface area contributed by atoms with Crippen LogP contribution in [-0.2, 0) is 17.1 Å². The molecule has 1 amide bonds. The highest BCUT2D eigenvalue weighted by molar-refractivity contribution is 7.99. The van der Waals surface area contributed by atoms with E-state index < -0.39 is 0 Å². The number of nitrogens with one attached hydrogen (secondary N) is 1. The van der Waals surface area contributed by atoms with E-state index in [1.807, 2.05) is 30.3 Å². The van der Waals surface area contributed by atoms with Gasteiger partial charge in [0, 0.05) is 17.9 Å². The summed E-state index contributed by atoms with van der Waals surface area (Å²) in [6, 6.07) is 16.1. The first kappa shape index (κ1) is 16.4. The fourth-order valence-corrected chi connectivity index (χ4v) is 2.96. The average molecular weight is 315 g/mol. The quantitative estimate of drug-likeness (QED) is 0.849. The van der Waals surface area contributed by atoms with Gasteiger partial charge in [-0.1, -0.05) is 48.0 Å². The summed E-state index contributed by atoms with van der Waals surface area (Å²) in [5.74, 6) is 2.16. The Kier molecular flexibility index (Phi) is 6.34. The second-order valence-corrected chi connectivity index (χ2v) is 6.06. The van der Waals surface area contributed by atoms with E-state index in [0.717, 1.165) is 17.1 Å². The minimum Gasteiger partial charge on any atom is -0.496 e. The van der Waals surface area contributed by atoms with Crippen LogP contribution in [0.5, 0.6) is 5.75 Å². The largest absolute Gasteiger partial charge is 0.496 e. The monoisotopic (exact) mass is 315 g/mol. The van der Waals surface area contributed by atoms with Crippen molar-refractivity contribution in [3.63, 3.8) is 0 Å². The first-order chi connectivity index (χ1) is 10.7. The lowest BCUT2D eigenvalue weighted by Crippen LogP contribution is -2.24. The third-order valence-electron chi connectivity index (χ3n) is 3.25. The Morgan fingerprint density at radius 1 is 1.18 bits per heavy atom. The lowest BCUT2D eigenvalue weighted by molar-refractivity contribution is -0.118. The van der Waals surface area contributed by atoms with Gasteiger partial charge in [-0.2, -0.15) is 0 Å². The maximum absolute atomic E-state index is 11.9. The normalized spacial score (nSPS) is 10.3. The van der Waals surface area contributed by atoms with Crippen molar-refractivity contribution in [2.45, 2.75) is 19.2 Å². The summed E-state index contributed by atoms with van der Waals surface area (Å²) >= 11 is 1.62. The van der Waals surface area contributed by atoms with Gasteiger partial charge in [-0.3, -0.25) is 4.79 Å². The molecule has 2 aromatic rings. The molecule has 1 N–H and O–H groups in total. The molecule has 0 aromatic heterocycles. The number of thioether (sulfide) groups is 1. The number of carbonyl (C=O) groups excluding carboxylic acids is 1. The molecule has 0 atom stereocenters. The van der Waals surface area contributed by atoms with Crippen molar-refractivity contribution in [3.05, 3.63) is 65.2 Å². The molecule has 4 heteroatoms. The van der Waals surface area contributed by atoms with E-state index >= 15 is 0 Å². The Morgan fingerprint density at radius 2 is 2.00 bits per heavy atom. The van der Waals surface area contributed by atoms with E-state index in [4.69, 9.17) is 4.74 Å². The van der Waals surface area contributed by atoms with Crippen LogP contribution in [0.3, 0.4) is 0 Å². The molecule has 116 valence electrons. The molecule has 2 rings (SSSR count). The second-order valence-electron chi connectivity index (χ2n) is 5.07. The summed E-state index contributed by atoms with van der Waals surface area (Å²) in [5.41, 5.74) is 3.49. The molecule has 0 saturated carbocycles. The summed E-state index contributed by atoms with van der Waals surface area (Å²) in [4.78, 5) is 11.9. The molecule has 0 saturated heterocycles. The topological polar surface area (TPSA) is 38.3 Å². The van der Waals surface area contributed by atoms with Gasteiger partial charge >= 0.3 is 0 Å². The predicted molar refractivity (Wildman–Crippen MR) is 92.2 cm³/mol. The Bertz CT molecular complexity index is 628. The van der Waals surface area contributed by atoms with Crippen molar-refractivity contribution < 1.29 is 9.53 Å². The van der Waals surface area contributed by atoms with Crippen LogP contribution in [-0.4, -0.2) is 18.8 Å². The van der Waals surface area contributed by atoms with Gasteiger partial charge in [0.1, 0.15) is 5.75 Å². The fourth-order valence-electron chi connectivity index (χ4n) is 2.16. The van der Waals surface area contributed by atoms with E-state index in [1.54, 1.807) is 18.9 Å². The Hall–Kier alpha value is -1.94. The Labute approximate surface area is 136 Å². The molecule has 2 aromatic carbocycles. The number of para-hydroxylation sites is 1. The van der Waals surface area contributed by atoms with Gasteiger partial charge in [0.25, 0.3) is 0 Å². The average Bonchev–Trinajstić information content (AvgIpc) is 2.53. The van der Waals surface area contributed by atoms with Crippen LogP contribution in [0, 0.1) is 6.92 Å². The van der Waals surface area contributed by atoms with Crippen LogP contribution in [0.4, 0.5) is 0 Å². The number of carbonyl (C=O) groups is 1. The van der Waals surface area contributed by atoms with Gasteiger partial charge in [-0.25, -0.2) is 0 Å².